The van der Waals surface area contributed by atoms with E-state index in [4.69, 9.17) is 10.5 Å². The molecule has 18 heavy (non-hydrogen) atoms. The van der Waals surface area contributed by atoms with Crippen molar-refractivity contribution >= 4 is 21.6 Å². The molecule has 0 aromatic heterocycles. The van der Waals surface area contributed by atoms with Crippen LogP contribution in [0, 0.1) is 6.92 Å². The zero-order chi connectivity index (χ0) is 13.1. The summed E-state index contributed by atoms with van der Waals surface area (Å²) >= 11 is 3.34. The molecular formula is C14H14BrNO2. The second-order valence-electron chi connectivity index (χ2n) is 4.05. The number of aryl methyl sites for hydroxylation is 1. The number of phenols is 1. The Bertz CT molecular complexity index is 549. The number of anilines is 1. The van der Waals surface area contributed by atoms with Crippen LogP contribution in [0.15, 0.2) is 40.9 Å². The molecule has 3 nitrogen and oxygen atoms in total. The predicted molar refractivity (Wildman–Crippen MR) is 75.7 cm³/mol. The molecule has 0 saturated carbocycles. The molecule has 2 aromatic carbocycles. The average Bonchev–Trinajstić information content (AvgIpc) is 2.31. The topological polar surface area (TPSA) is 55.5 Å². The summed E-state index contributed by atoms with van der Waals surface area (Å²) in [4.78, 5) is 0. The van der Waals surface area contributed by atoms with E-state index in [1.807, 2.05) is 25.1 Å². The van der Waals surface area contributed by atoms with Gasteiger partial charge in [-0.3, -0.25) is 0 Å². The van der Waals surface area contributed by atoms with Crippen molar-refractivity contribution in [2.24, 2.45) is 0 Å². The van der Waals surface area contributed by atoms with Crippen LogP contribution in [0.4, 0.5) is 5.69 Å². The quantitative estimate of drug-likeness (QED) is 0.851. The van der Waals surface area contributed by atoms with Gasteiger partial charge in [-0.1, -0.05) is 12.1 Å². The summed E-state index contributed by atoms with van der Waals surface area (Å²) in [5, 5.41) is 9.31. The van der Waals surface area contributed by atoms with Crippen LogP contribution in [0.5, 0.6) is 11.5 Å². The highest BCUT2D eigenvalue weighted by atomic mass is 79.9. The molecule has 0 spiro atoms. The Morgan fingerprint density at radius 3 is 2.72 bits per heavy atom. The number of hydrogen-bond donors (Lipinski definition) is 2. The molecule has 94 valence electrons. The molecule has 0 heterocycles. The maximum absolute atomic E-state index is 9.31. The minimum atomic E-state index is 0.199. The number of aromatic hydroxyl groups is 1. The molecular weight excluding hydrogens is 294 g/mol. The fourth-order valence-electron chi connectivity index (χ4n) is 1.68. The number of hydrogen-bond acceptors (Lipinski definition) is 3. The van der Waals surface area contributed by atoms with E-state index in [9.17, 15) is 5.11 Å². The monoisotopic (exact) mass is 307 g/mol. The van der Waals surface area contributed by atoms with Crippen molar-refractivity contribution in [1.29, 1.82) is 0 Å². The zero-order valence-corrected chi connectivity index (χ0v) is 11.6. The van der Waals surface area contributed by atoms with Crippen LogP contribution in [0.1, 0.15) is 11.1 Å². The number of ether oxygens (including phenoxy) is 1. The van der Waals surface area contributed by atoms with Gasteiger partial charge in [-0.15, -0.1) is 0 Å². The van der Waals surface area contributed by atoms with E-state index in [0.29, 0.717) is 12.4 Å². The second kappa shape index (κ2) is 5.31. The lowest BCUT2D eigenvalue weighted by Gasteiger charge is -2.12. The minimum Gasteiger partial charge on any atom is -0.508 e. The van der Waals surface area contributed by atoms with Gasteiger partial charge in [0.2, 0.25) is 0 Å². The summed E-state index contributed by atoms with van der Waals surface area (Å²) in [6.45, 7) is 2.41. The SMILES string of the molecule is Cc1cccc(N)c1COc1ccc(O)cc1Br. The van der Waals surface area contributed by atoms with Crippen molar-refractivity contribution in [1.82, 2.24) is 0 Å². The number of halogens is 1. The molecule has 0 bridgehead atoms. The van der Waals surface area contributed by atoms with E-state index in [-0.39, 0.29) is 5.75 Å². The molecule has 0 unspecified atom stereocenters. The highest BCUT2D eigenvalue weighted by Crippen LogP contribution is 2.30. The summed E-state index contributed by atoms with van der Waals surface area (Å²) in [7, 11) is 0. The molecule has 0 amide bonds. The van der Waals surface area contributed by atoms with Crippen LogP contribution in [0.25, 0.3) is 0 Å². The zero-order valence-electron chi connectivity index (χ0n) is 9.98. The number of rotatable bonds is 3. The van der Waals surface area contributed by atoms with Crippen LogP contribution < -0.4 is 10.5 Å². The first-order valence-electron chi connectivity index (χ1n) is 5.53. The van der Waals surface area contributed by atoms with Gasteiger partial charge in [0, 0.05) is 11.3 Å². The Balaban J connectivity index is 2.16. The maximum atomic E-state index is 9.31. The van der Waals surface area contributed by atoms with E-state index in [1.54, 1.807) is 18.2 Å². The van der Waals surface area contributed by atoms with Crippen LogP contribution in [0.3, 0.4) is 0 Å². The van der Waals surface area contributed by atoms with Crippen molar-refractivity contribution in [3.8, 4) is 11.5 Å². The van der Waals surface area contributed by atoms with Crippen molar-refractivity contribution in [2.45, 2.75) is 13.5 Å². The largest absolute Gasteiger partial charge is 0.508 e. The summed E-state index contributed by atoms with van der Waals surface area (Å²) in [6.07, 6.45) is 0. The Morgan fingerprint density at radius 2 is 2.06 bits per heavy atom. The standard InChI is InChI=1S/C14H14BrNO2/c1-9-3-2-4-13(16)11(9)8-18-14-6-5-10(17)7-12(14)15/h2-7,17H,8,16H2,1H3. The van der Waals surface area contributed by atoms with E-state index >= 15 is 0 Å². The molecule has 0 radical (unpaired) electrons. The van der Waals surface area contributed by atoms with Crippen LogP contribution in [-0.2, 0) is 6.61 Å². The van der Waals surface area contributed by atoms with Gasteiger partial charge < -0.3 is 15.6 Å². The number of phenolic OH excluding ortho intramolecular Hbond substituents is 1. The minimum absolute atomic E-state index is 0.199. The summed E-state index contributed by atoms with van der Waals surface area (Å²) in [5.41, 5.74) is 8.73. The fraction of sp³-hybridized carbons (Fsp3) is 0.143. The van der Waals surface area contributed by atoms with Crippen molar-refractivity contribution < 1.29 is 9.84 Å². The van der Waals surface area contributed by atoms with E-state index < -0.39 is 0 Å². The second-order valence-corrected chi connectivity index (χ2v) is 4.90. The Morgan fingerprint density at radius 1 is 1.28 bits per heavy atom. The highest BCUT2D eigenvalue weighted by Gasteiger charge is 2.06. The number of nitrogens with two attached hydrogens (primary N) is 1. The normalized spacial score (nSPS) is 10.3. The van der Waals surface area contributed by atoms with Crippen LogP contribution in [-0.4, -0.2) is 5.11 Å². The van der Waals surface area contributed by atoms with Crippen molar-refractivity contribution in [3.05, 3.63) is 52.0 Å². The van der Waals surface area contributed by atoms with E-state index in [0.717, 1.165) is 21.3 Å². The van der Waals surface area contributed by atoms with Gasteiger partial charge >= 0.3 is 0 Å². The first-order valence-corrected chi connectivity index (χ1v) is 6.32. The van der Waals surface area contributed by atoms with Gasteiger partial charge in [0.05, 0.1) is 4.47 Å². The van der Waals surface area contributed by atoms with Crippen molar-refractivity contribution in [3.63, 3.8) is 0 Å². The molecule has 0 saturated heterocycles. The van der Waals surface area contributed by atoms with Gasteiger partial charge in [0.15, 0.2) is 0 Å². The smallest absolute Gasteiger partial charge is 0.134 e. The third-order valence-corrected chi connectivity index (χ3v) is 3.35. The van der Waals surface area contributed by atoms with E-state index in [1.165, 1.54) is 0 Å². The van der Waals surface area contributed by atoms with Gasteiger partial charge in [-0.05, 0) is 52.7 Å². The molecule has 0 atom stereocenters. The summed E-state index contributed by atoms with van der Waals surface area (Å²) in [5.74, 6) is 0.875. The van der Waals surface area contributed by atoms with Crippen LogP contribution >= 0.6 is 15.9 Å². The lowest BCUT2D eigenvalue weighted by atomic mass is 10.1. The lowest BCUT2D eigenvalue weighted by molar-refractivity contribution is 0.303. The molecule has 4 heteroatoms. The Hall–Kier alpha value is -1.68. The summed E-state index contributed by atoms with van der Waals surface area (Å²) < 4.78 is 6.42. The van der Waals surface area contributed by atoms with Gasteiger partial charge in [-0.25, -0.2) is 0 Å². The summed E-state index contributed by atoms with van der Waals surface area (Å²) in [6, 6.07) is 10.7. The molecule has 2 aromatic rings. The maximum Gasteiger partial charge on any atom is 0.134 e. The third kappa shape index (κ3) is 2.76. The van der Waals surface area contributed by atoms with Crippen molar-refractivity contribution in [2.75, 3.05) is 5.73 Å². The molecule has 0 aliphatic rings. The molecule has 2 rings (SSSR count). The molecule has 0 aliphatic heterocycles. The van der Waals surface area contributed by atoms with Gasteiger partial charge in [0.25, 0.3) is 0 Å². The van der Waals surface area contributed by atoms with E-state index in [2.05, 4.69) is 15.9 Å². The fourth-order valence-corrected chi connectivity index (χ4v) is 2.16. The Kier molecular flexibility index (Phi) is 3.77. The highest BCUT2D eigenvalue weighted by molar-refractivity contribution is 9.10. The van der Waals surface area contributed by atoms with Gasteiger partial charge in [-0.2, -0.15) is 0 Å². The number of benzene rings is 2. The number of nitrogen functional groups attached to an aromatic ring is 1. The molecule has 3 N–H and O–H groups in total. The lowest BCUT2D eigenvalue weighted by Crippen LogP contribution is -2.02. The average molecular weight is 308 g/mol. The molecule has 0 aliphatic carbocycles. The van der Waals surface area contributed by atoms with Gasteiger partial charge in [0.1, 0.15) is 18.1 Å². The predicted octanol–water partition coefficient (Wildman–Crippen LogP) is 3.62. The third-order valence-electron chi connectivity index (χ3n) is 2.73. The first-order chi connectivity index (χ1) is 8.58. The Labute approximate surface area is 114 Å². The van der Waals surface area contributed by atoms with Crippen LogP contribution in [0.2, 0.25) is 0 Å². The molecule has 0 fully saturated rings. The first kappa shape index (κ1) is 12.8.